The summed E-state index contributed by atoms with van der Waals surface area (Å²) in [5.41, 5.74) is -2.05. The maximum Gasteiger partial charge on any atom is 0.433 e. The van der Waals surface area contributed by atoms with E-state index in [1.54, 1.807) is 0 Å². The average Bonchev–Trinajstić information content (AvgIpc) is 2.56. The quantitative estimate of drug-likeness (QED) is 0.753. The fraction of sp³-hybridized carbons (Fsp3) is 0.312. The molecule has 1 aliphatic heterocycles. The minimum absolute atomic E-state index is 0.0290. The standard InChI is InChI=1S/C16H11F6N3O2/c17-15(18,19)10-3-4-23-13(5-10)27-11-7-25(8-11)14(26)9-1-2-12(24-6-9)16(20,21)22/h1-6,11H,7-8H2. The molecule has 0 bridgehead atoms. The topological polar surface area (TPSA) is 55.3 Å². The lowest BCUT2D eigenvalue weighted by Crippen LogP contribution is -2.56. The number of carbonyl (C=O) groups excluding carboxylic acids is 1. The van der Waals surface area contributed by atoms with Crippen LogP contribution in [-0.2, 0) is 12.4 Å². The molecule has 5 nitrogen and oxygen atoms in total. The third-order valence-corrected chi connectivity index (χ3v) is 3.79. The summed E-state index contributed by atoms with van der Waals surface area (Å²) in [4.78, 5) is 20.3. The molecule has 11 heteroatoms. The zero-order valence-corrected chi connectivity index (χ0v) is 13.4. The maximum atomic E-state index is 12.6. The summed E-state index contributed by atoms with van der Waals surface area (Å²) in [5.74, 6) is -0.772. The summed E-state index contributed by atoms with van der Waals surface area (Å²) in [6, 6.07) is 3.28. The van der Waals surface area contributed by atoms with E-state index in [9.17, 15) is 31.1 Å². The Bertz CT molecular complexity index is 829. The Kier molecular flexibility index (Phi) is 4.70. The molecule has 1 fully saturated rings. The number of hydrogen-bond donors (Lipinski definition) is 0. The minimum atomic E-state index is -4.60. The van der Waals surface area contributed by atoms with Gasteiger partial charge in [0.05, 0.1) is 24.2 Å². The highest BCUT2D eigenvalue weighted by Crippen LogP contribution is 2.31. The smallest absolute Gasteiger partial charge is 0.433 e. The Balaban J connectivity index is 1.57. The van der Waals surface area contributed by atoms with Gasteiger partial charge in [-0.3, -0.25) is 9.78 Å². The third kappa shape index (κ3) is 4.29. The van der Waals surface area contributed by atoms with Crippen molar-refractivity contribution in [3.63, 3.8) is 0 Å². The Morgan fingerprint density at radius 2 is 1.74 bits per heavy atom. The number of nitrogens with zero attached hydrogens (tertiary/aromatic N) is 3. The van der Waals surface area contributed by atoms with Crippen molar-refractivity contribution in [2.24, 2.45) is 0 Å². The summed E-state index contributed by atoms with van der Waals surface area (Å²) in [6.45, 7) is 0.134. The molecule has 0 radical (unpaired) electrons. The monoisotopic (exact) mass is 391 g/mol. The Morgan fingerprint density at radius 3 is 2.30 bits per heavy atom. The molecular weight excluding hydrogens is 380 g/mol. The molecule has 3 rings (SSSR count). The lowest BCUT2D eigenvalue weighted by atomic mass is 10.1. The van der Waals surface area contributed by atoms with Gasteiger partial charge in [-0.15, -0.1) is 0 Å². The van der Waals surface area contributed by atoms with Gasteiger partial charge in [0.1, 0.15) is 11.8 Å². The number of amides is 1. The van der Waals surface area contributed by atoms with E-state index in [1.807, 2.05) is 0 Å². The van der Waals surface area contributed by atoms with Crippen LogP contribution >= 0.6 is 0 Å². The fourth-order valence-electron chi connectivity index (χ4n) is 2.37. The number of rotatable bonds is 3. The largest absolute Gasteiger partial charge is 0.471 e. The van der Waals surface area contributed by atoms with Gasteiger partial charge in [-0.2, -0.15) is 26.3 Å². The van der Waals surface area contributed by atoms with Gasteiger partial charge in [0.2, 0.25) is 5.88 Å². The van der Waals surface area contributed by atoms with Crippen molar-refractivity contribution in [1.82, 2.24) is 14.9 Å². The van der Waals surface area contributed by atoms with Crippen molar-refractivity contribution in [3.8, 4) is 5.88 Å². The van der Waals surface area contributed by atoms with Crippen LogP contribution in [0.5, 0.6) is 5.88 Å². The highest BCUT2D eigenvalue weighted by molar-refractivity contribution is 5.94. The van der Waals surface area contributed by atoms with Crippen LogP contribution in [0.1, 0.15) is 21.6 Å². The van der Waals surface area contributed by atoms with Crippen LogP contribution in [0.4, 0.5) is 26.3 Å². The molecular formula is C16H11F6N3O2. The van der Waals surface area contributed by atoms with Crippen molar-refractivity contribution in [1.29, 1.82) is 0 Å². The van der Waals surface area contributed by atoms with Crippen LogP contribution in [0.2, 0.25) is 0 Å². The van der Waals surface area contributed by atoms with E-state index in [0.717, 1.165) is 30.6 Å². The van der Waals surface area contributed by atoms with E-state index in [0.29, 0.717) is 6.07 Å². The summed E-state index contributed by atoms with van der Waals surface area (Å²) < 4.78 is 80.6. The lowest BCUT2D eigenvalue weighted by molar-refractivity contribution is -0.141. The van der Waals surface area contributed by atoms with Crippen LogP contribution in [0, 0.1) is 0 Å². The second-order valence-corrected chi connectivity index (χ2v) is 5.76. The van der Waals surface area contributed by atoms with E-state index in [2.05, 4.69) is 9.97 Å². The van der Waals surface area contributed by atoms with Crippen molar-refractivity contribution in [3.05, 3.63) is 53.5 Å². The van der Waals surface area contributed by atoms with E-state index in [1.165, 1.54) is 4.90 Å². The SMILES string of the molecule is O=C(c1ccc(C(F)(F)F)nc1)N1CC(Oc2cc(C(F)(F)F)ccn2)C1. The zero-order chi connectivity index (χ0) is 19.8. The Morgan fingerprint density at radius 1 is 1.04 bits per heavy atom. The van der Waals surface area contributed by atoms with Gasteiger partial charge in [0.15, 0.2) is 0 Å². The number of hydrogen-bond acceptors (Lipinski definition) is 4. The second-order valence-electron chi connectivity index (χ2n) is 5.76. The lowest BCUT2D eigenvalue weighted by Gasteiger charge is -2.38. The normalized spacial score (nSPS) is 15.4. The minimum Gasteiger partial charge on any atom is -0.471 e. The van der Waals surface area contributed by atoms with Gasteiger partial charge >= 0.3 is 12.4 Å². The summed E-state index contributed by atoms with van der Waals surface area (Å²) in [7, 11) is 0. The van der Waals surface area contributed by atoms with Crippen molar-refractivity contribution in [2.45, 2.75) is 18.5 Å². The number of ether oxygens (including phenoxy) is 1. The first-order valence-electron chi connectivity index (χ1n) is 7.56. The van der Waals surface area contributed by atoms with E-state index in [4.69, 9.17) is 4.74 Å². The molecule has 0 N–H and O–H groups in total. The second kappa shape index (κ2) is 6.71. The Labute approximate surface area is 148 Å². The van der Waals surface area contributed by atoms with E-state index in [-0.39, 0.29) is 24.5 Å². The predicted octanol–water partition coefficient (Wildman–Crippen LogP) is 3.42. The molecule has 2 aromatic heterocycles. The number of likely N-dealkylation sites (tertiary alicyclic amines) is 1. The maximum absolute atomic E-state index is 12.6. The molecule has 1 aliphatic rings. The van der Waals surface area contributed by atoms with Crippen molar-refractivity contribution < 1.29 is 35.9 Å². The highest BCUT2D eigenvalue weighted by atomic mass is 19.4. The molecule has 2 aromatic rings. The first-order valence-corrected chi connectivity index (χ1v) is 7.56. The van der Waals surface area contributed by atoms with Gasteiger partial charge < -0.3 is 9.64 Å². The summed E-state index contributed by atoms with van der Waals surface area (Å²) >= 11 is 0. The Hall–Kier alpha value is -2.85. The third-order valence-electron chi connectivity index (χ3n) is 3.79. The number of pyridine rings is 2. The van der Waals surface area contributed by atoms with Crippen molar-refractivity contribution >= 4 is 5.91 Å². The molecule has 0 spiro atoms. The highest BCUT2D eigenvalue weighted by Gasteiger charge is 2.36. The molecule has 144 valence electrons. The van der Waals surface area contributed by atoms with Crippen LogP contribution < -0.4 is 4.74 Å². The number of halogens is 6. The van der Waals surface area contributed by atoms with E-state index < -0.39 is 35.6 Å². The van der Waals surface area contributed by atoms with Gasteiger partial charge in [-0.1, -0.05) is 0 Å². The van der Waals surface area contributed by atoms with Gasteiger partial charge in [0, 0.05) is 18.5 Å². The first kappa shape index (κ1) is 18.9. The molecule has 3 heterocycles. The summed E-state index contributed by atoms with van der Waals surface area (Å²) in [5, 5.41) is 0. The fourth-order valence-corrected chi connectivity index (χ4v) is 2.37. The van der Waals surface area contributed by atoms with Gasteiger partial charge in [0.25, 0.3) is 5.91 Å². The van der Waals surface area contributed by atoms with Crippen LogP contribution in [0.3, 0.4) is 0 Å². The number of aromatic nitrogens is 2. The van der Waals surface area contributed by atoms with Gasteiger partial charge in [-0.25, -0.2) is 4.98 Å². The number of alkyl halides is 6. The predicted molar refractivity (Wildman–Crippen MR) is 78.8 cm³/mol. The molecule has 0 aromatic carbocycles. The average molecular weight is 391 g/mol. The molecule has 1 amide bonds. The van der Waals surface area contributed by atoms with Crippen molar-refractivity contribution in [2.75, 3.05) is 13.1 Å². The molecule has 0 atom stereocenters. The molecule has 1 saturated heterocycles. The molecule has 27 heavy (non-hydrogen) atoms. The molecule has 0 unspecified atom stereocenters. The van der Waals surface area contributed by atoms with Crippen LogP contribution in [-0.4, -0.2) is 40.0 Å². The van der Waals surface area contributed by atoms with Crippen LogP contribution in [0.15, 0.2) is 36.7 Å². The van der Waals surface area contributed by atoms with E-state index >= 15 is 0 Å². The van der Waals surface area contributed by atoms with Gasteiger partial charge in [-0.05, 0) is 18.2 Å². The number of carbonyl (C=O) groups is 1. The zero-order valence-electron chi connectivity index (χ0n) is 13.4. The summed E-state index contributed by atoms with van der Waals surface area (Å²) in [6.07, 6.45) is -7.90. The molecule has 0 aliphatic carbocycles. The molecule has 0 saturated carbocycles. The van der Waals surface area contributed by atoms with Crippen LogP contribution in [0.25, 0.3) is 0 Å². The first-order chi connectivity index (χ1) is 12.5.